The summed E-state index contributed by atoms with van der Waals surface area (Å²) < 4.78 is 0. The highest BCUT2D eigenvalue weighted by molar-refractivity contribution is 5.53. The lowest BCUT2D eigenvalue weighted by atomic mass is 10.1. The second kappa shape index (κ2) is 4.26. The van der Waals surface area contributed by atoms with Crippen LogP contribution in [0.15, 0.2) is 35.1 Å². The molecule has 2 rings (SSSR count). The van der Waals surface area contributed by atoms with Gasteiger partial charge in [0.2, 0.25) is 0 Å². The number of nitrogens with zero attached hydrogens (tertiary/aromatic N) is 2. The molecule has 1 heterocycles. The second-order valence-electron chi connectivity index (χ2n) is 3.89. The molecule has 2 aromatic rings. The van der Waals surface area contributed by atoms with Crippen molar-refractivity contribution in [3.05, 3.63) is 46.4 Å². The van der Waals surface area contributed by atoms with Gasteiger partial charge in [-0.1, -0.05) is 44.2 Å². The van der Waals surface area contributed by atoms with Crippen molar-refractivity contribution in [2.75, 3.05) is 0 Å². The van der Waals surface area contributed by atoms with Crippen molar-refractivity contribution in [1.29, 1.82) is 0 Å². The topological polar surface area (TPSA) is 58.6 Å². The van der Waals surface area contributed by atoms with Crippen LogP contribution in [0.4, 0.5) is 0 Å². The van der Waals surface area contributed by atoms with Crippen LogP contribution in [0.25, 0.3) is 11.4 Å². The van der Waals surface area contributed by atoms with E-state index in [-0.39, 0.29) is 11.5 Å². The first-order valence-corrected chi connectivity index (χ1v) is 5.20. The number of nitrogens with one attached hydrogen (secondary N) is 1. The predicted octanol–water partition coefficient (Wildman–Crippen LogP) is 1.96. The number of hydrogen-bond acceptors (Lipinski definition) is 3. The van der Waals surface area contributed by atoms with Crippen molar-refractivity contribution in [3.63, 3.8) is 0 Å². The van der Waals surface area contributed by atoms with E-state index in [1.807, 2.05) is 44.2 Å². The molecule has 0 atom stereocenters. The van der Waals surface area contributed by atoms with Crippen LogP contribution in [0.3, 0.4) is 0 Å². The van der Waals surface area contributed by atoms with E-state index in [4.69, 9.17) is 0 Å². The van der Waals surface area contributed by atoms with Crippen LogP contribution in [-0.4, -0.2) is 15.2 Å². The Morgan fingerprint density at radius 2 is 1.88 bits per heavy atom. The first kappa shape index (κ1) is 10.5. The molecule has 0 amide bonds. The molecule has 0 bridgehead atoms. The van der Waals surface area contributed by atoms with Gasteiger partial charge in [0.25, 0.3) is 5.56 Å². The second-order valence-corrected chi connectivity index (χ2v) is 3.89. The van der Waals surface area contributed by atoms with Crippen molar-refractivity contribution >= 4 is 0 Å². The van der Waals surface area contributed by atoms with E-state index in [1.54, 1.807) is 0 Å². The van der Waals surface area contributed by atoms with E-state index in [1.165, 1.54) is 0 Å². The van der Waals surface area contributed by atoms with E-state index >= 15 is 0 Å². The fraction of sp³-hybridized carbons (Fsp3) is 0.250. The molecule has 0 aliphatic heterocycles. The molecule has 0 unspecified atom stereocenters. The summed E-state index contributed by atoms with van der Waals surface area (Å²) >= 11 is 0. The summed E-state index contributed by atoms with van der Waals surface area (Å²) in [5.41, 5.74) is 1.21. The highest BCUT2D eigenvalue weighted by atomic mass is 16.1. The molecular weight excluding hydrogens is 202 g/mol. The van der Waals surface area contributed by atoms with Gasteiger partial charge in [0, 0.05) is 11.5 Å². The van der Waals surface area contributed by atoms with Gasteiger partial charge in [-0.25, -0.2) is 10.1 Å². The van der Waals surface area contributed by atoms with Crippen LogP contribution >= 0.6 is 0 Å². The number of aromatic amines is 1. The molecule has 0 fully saturated rings. The standard InChI is InChI=1S/C12H13N3O/c1-8(2)10-12(16)15-14-11(13-10)9-6-4-3-5-7-9/h3-8H,1-2H3,(H,15,16). The van der Waals surface area contributed by atoms with Crippen molar-refractivity contribution in [2.24, 2.45) is 0 Å². The van der Waals surface area contributed by atoms with Gasteiger partial charge in [-0.2, -0.15) is 5.10 Å². The molecule has 82 valence electrons. The lowest BCUT2D eigenvalue weighted by molar-refractivity contribution is 0.769. The molecule has 16 heavy (non-hydrogen) atoms. The third-order valence-corrected chi connectivity index (χ3v) is 2.30. The SMILES string of the molecule is CC(C)c1nc(-c2ccccc2)n[nH]c1=O. The predicted molar refractivity (Wildman–Crippen MR) is 62.2 cm³/mol. The molecule has 0 aliphatic rings. The van der Waals surface area contributed by atoms with Gasteiger partial charge >= 0.3 is 0 Å². The van der Waals surface area contributed by atoms with Crippen LogP contribution in [0.5, 0.6) is 0 Å². The van der Waals surface area contributed by atoms with Crippen LogP contribution < -0.4 is 5.56 Å². The van der Waals surface area contributed by atoms with Crippen molar-refractivity contribution in [1.82, 2.24) is 15.2 Å². The molecule has 1 aromatic heterocycles. The molecule has 0 radical (unpaired) electrons. The van der Waals surface area contributed by atoms with Gasteiger partial charge in [-0.3, -0.25) is 4.79 Å². The summed E-state index contributed by atoms with van der Waals surface area (Å²) in [5, 5.41) is 6.42. The van der Waals surface area contributed by atoms with E-state index < -0.39 is 0 Å². The summed E-state index contributed by atoms with van der Waals surface area (Å²) in [6.07, 6.45) is 0. The summed E-state index contributed by atoms with van der Waals surface area (Å²) in [5.74, 6) is 0.651. The Morgan fingerprint density at radius 1 is 1.19 bits per heavy atom. The monoisotopic (exact) mass is 215 g/mol. The fourth-order valence-corrected chi connectivity index (χ4v) is 1.46. The Hall–Kier alpha value is -1.97. The highest BCUT2D eigenvalue weighted by Gasteiger charge is 2.09. The summed E-state index contributed by atoms with van der Waals surface area (Å²) in [7, 11) is 0. The summed E-state index contributed by atoms with van der Waals surface area (Å²) in [6, 6.07) is 9.59. The van der Waals surface area contributed by atoms with Crippen molar-refractivity contribution in [3.8, 4) is 11.4 Å². The van der Waals surface area contributed by atoms with E-state index in [0.717, 1.165) is 5.56 Å². The lowest BCUT2D eigenvalue weighted by Gasteiger charge is -2.04. The van der Waals surface area contributed by atoms with Gasteiger partial charge in [-0.05, 0) is 0 Å². The molecule has 4 nitrogen and oxygen atoms in total. The minimum Gasteiger partial charge on any atom is -0.266 e. The molecule has 0 spiro atoms. The summed E-state index contributed by atoms with van der Waals surface area (Å²) in [6.45, 7) is 3.87. The number of benzene rings is 1. The Kier molecular flexibility index (Phi) is 2.81. The minimum absolute atomic E-state index is 0.0919. The first-order valence-electron chi connectivity index (χ1n) is 5.20. The molecule has 0 saturated heterocycles. The number of aromatic nitrogens is 3. The molecule has 1 aromatic carbocycles. The Bertz CT molecular complexity index is 531. The maximum absolute atomic E-state index is 11.5. The van der Waals surface area contributed by atoms with Gasteiger partial charge in [-0.15, -0.1) is 0 Å². The zero-order valence-corrected chi connectivity index (χ0v) is 9.27. The largest absolute Gasteiger partial charge is 0.286 e. The minimum atomic E-state index is -0.213. The Labute approximate surface area is 93.4 Å². The van der Waals surface area contributed by atoms with Crippen LogP contribution in [-0.2, 0) is 0 Å². The normalized spacial score (nSPS) is 10.7. The van der Waals surface area contributed by atoms with Gasteiger partial charge in [0.15, 0.2) is 5.82 Å². The molecule has 1 N–H and O–H groups in total. The maximum Gasteiger partial charge on any atom is 0.286 e. The van der Waals surface area contributed by atoms with E-state index in [2.05, 4.69) is 15.2 Å². The van der Waals surface area contributed by atoms with Crippen LogP contribution in [0, 0.1) is 0 Å². The van der Waals surface area contributed by atoms with Crippen LogP contribution in [0.2, 0.25) is 0 Å². The third kappa shape index (κ3) is 2.00. The van der Waals surface area contributed by atoms with Gasteiger partial charge < -0.3 is 0 Å². The lowest BCUT2D eigenvalue weighted by Crippen LogP contribution is -2.18. The van der Waals surface area contributed by atoms with Crippen LogP contribution in [0.1, 0.15) is 25.5 Å². The zero-order valence-electron chi connectivity index (χ0n) is 9.27. The first-order chi connectivity index (χ1) is 7.68. The highest BCUT2D eigenvalue weighted by Crippen LogP contribution is 2.14. The maximum atomic E-state index is 11.5. The molecular formula is C12H13N3O. The third-order valence-electron chi connectivity index (χ3n) is 2.30. The van der Waals surface area contributed by atoms with Gasteiger partial charge in [0.1, 0.15) is 5.69 Å². The average molecular weight is 215 g/mol. The average Bonchev–Trinajstić information content (AvgIpc) is 2.30. The molecule has 0 aliphatic carbocycles. The number of H-pyrrole nitrogens is 1. The van der Waals surface area contributed by atoms with E-state index in [9.17, 15) is 4.79 Å². The summed E-state index contributed by atoms with van der Waals surface area (Å²) in [4.78, 5) is 15.8. The Balaban J connectivity index is 2.52. The van der Waals surface area contributed by atoms with Crippen molar-refractivity contribution < 1.29 is 0 Å². The van der Waals surface area contributed by atoms with Gasteiger partial charge in [0.05, 0.1) is 0 Å². The smallest absolute Gasteiger partial charge is 0.266 e. The quantitative estimate of drug-likeness (QED) is 0.833. The molecule has 0 saturated carbocycles. The Morgan fingerprint density at radius 3 is 2.50 bits per heavy atom. The van der Waals surface area contributed by atoms with Crippen molar-refractivity contribution in [2.45, 2.75) is 19.8 Å². The van der Waals surface area contributed by atoms with E-state index in [0.29, 0.717) is 11.5 Å². The molecule has 4 heteroatoms. The fourth-order valence-electron chi connectivity index (χ4n) is 1.46. The number of hydrogen-bond donors (Lipinski definition) is 1. The number of rotatable bonds is 2. The zero-order chi connectivity index (χ0) is 11.5.